The molecule has 1 atom stereocenters. The third kappa shape index (κ3) is 5.40. The molecule has 9 nitrogen and oxygen atoms in total. The molecule has 0 aliphatic rings. The van der Waals surface area contributed by atoms with Gasteiger partial charge in [0.15, 0.2) is 6.10 Å². The smallest absolute Gasteiger partial charge is 0.355 e. The van der Waals surface area contributed by atoms with Crippen LogP contribution in [-0.4, -0.2) is 37.4 Å². The van der Waals surface area contributed by atoms with Crippen LogP contribution < -0.4 is 15.6 Å². The number of fused-ring (bicyclic) bond motifs is 1. The molecule has 2 aromatic carbocycles. The van der Waals surface area contributed by atoms with E-state index in [0.29, 0.717) is 16.5 Å². The number of rotatable bonds is 7. The van der Waals surface area contributed by atoms with Gasteiger partial charge in [-0.3, -0.25) is 9.59 Å². The number of hydrogen-bond acceptors (Lipinski definition) is 6. The maximum absolute atomic E-state index is 12.4. The van der Waals surface area contributed by atoms with Crippen molar-refractivity contribution in [3.05, 3.63) is 70.6 Å². The van der Waals surface area contributed by atoms with Crippen LogP contribution in [0.4, 0.5) is 5.69 Å². The number of H-pyrrole nitrogens is 1. The first kappa shape index (κ1) is 23.2. The van der Waals surface area contributed by atoms with Crippen LogP contribution >= 0.6 is 0 Å². The van der Waals surface area contributed by atoms with E-state index >= 15 is 0 Å². The van der Waals surface area contributed by atoms with E-state index in [1.807, 2.05) is 0 Å². The number of amides is 1. The first-order chi connectivity index (χ1) is 15.1. The summed E-state index contributed by atoms with van der Waals surface area (Å²) in [6.45, 7) is 4.81. The fourth-order valence-electron chi connectivity index (χ4n) is 2.94. The van der Waals surface area contributed by atoms with Crippen molar-refractivity contribution < 1.29 is 22.7 Å². The van der Waals surface area contributed by atoms with Crippen molar-refractivity contribution >= 4 is 38.4 Å². The molecule has 3 aromatic rings. The normalized spacial score (nSPS) is 12.5. The Kier molecular flexibility index (Phi) is 6.75. The number of carbonyl (C=O) groups excluding carboxylic acids is 2. The summed E-state index contributed by atoms with van der Waals surface area (Å²) < 4.78 is 32.0. The Bertz CT molecular complexity index is 1310. The molecule has 1 heterocycles. The van der Waals surface area contributed by atoms with Gasteiger partial charge in [-0.2, -0.15) is 0 Å². The zero-order valence-corrected chi connectivity index (χ0v) is 18.5. The summed E-state index contributed by atoms with van der Waals surface area (Å²) in [5.74, 6) is -1.46. The number of anilines is 1. The Labute approximate surface area is 184 Å². The number of benzene rings is 2. The van der Waals surface area contributed by atoms with Crippen molar-refractivity contribution in [1.82, 2.24) is 9.71 Å². The summed E-state index contributed by atoms with van der Waals surface area (Å²) in [6.07, 6.45) is -1.16. The molecule has 3 rings (SSSR count). The molecule has 0 bridgehead atoms. The standard InChI is InChI=1S/C22H23N3O6S/c1-13(2)25-32(29,30)17-10-8-16(9-11-17)23-20(26)14(3)31-22(28)19-12-15-6-4-5-7-18(15)21(27)24-19/h4-14,25H,1-3H3,(H,23,26)(H,24,27). The first-order valence-electron chi connectivity index (χ1n) is 9.83. The van der Waals surface area contributed by atoms with E-state index in [0.717, 1.165) is 0 Å². The van der Waals surface area contributed by atoms with Gasteiger partial charge in [0.25, 0.3) is 11.5 Å². The molecular formula is C22H23N3O6S. The van der Waals surface area contributed by atoms with Crippen molar-refractivity contribution in [3.63, 3.8) is 0 Å². The van der Waals surface area contributed by atoms with Gasteiger partial charge in [-0.1, -0.05) is 18.2 Å². The number of aromatic nitrogens is 1. The van der Waals surface area contributed by atoms with Gasteiger partial charge in [0, 0.05) is 17.1 Å². The van der Waals surface area contributed by atoms with Crippen molar-refractivity contribution in [1.29, 1.82) is 0 Å². The van der Waals surface area contributed by atoms with Crippen LogP contribution in [0.5, 0.6) is 0 Å². The topological polar surface area (TPSA) is 134 Å². The summed E-state index contributed by atoms with van der Waals surface area (Å²) in [5.41, 5.74) is -0.171. The van der Waals surface area contributed by atoms with Gasteiger partial charge >= 0.3 is 5.97 Å². The summed E-state index contributed by atoms with van der Waals surface area (Å²) in [6, 6.07) is 13.6. The van der Waals surface area contributed by atoms with Crippen LogP contribution in [0, 0.1) is 0 Å². The van der Waals surface area contributed by atoms with Gasteiger partial charge in [0.1, 0.15) is 5.69 Å². The van der Waals surface area contributed by atoms with Gasteiger partial charge in [-0.05, 0) is 62.6 Å². The van der Waals surface area contributed by atoms with Crippen molar-refractivity contribution in [2.24, 2.45) is 0 Å². The molecule has 0 spiro atoms. The lowest BCUT2D eigenvalue weighted by Gasteiger charge is -2.14. The second-order valence-corrected chi connectivity index (χ2v) is 9.15. The highest BCUT2D eigenvalue weighted by Gasteiger charge is 2.21. The molecule has 3 N–H and O–H groups in total. The monoisotopic (exact) mass is 457 g/mol. The lowest BCUT2D eigenvalue weighted by molar-refractivity contribution is -0.123. The Balaban J connectivity index is 1.66. The molecule has 1 unspecified atom stereocenters. The van der Waals surface area contributed by atoms with Gasteiger partial charge in [-0.25, -0.2) is 17.9 Å². The average Bonchev–Trinajstić information content (AvgIpc) is 2.73. The number of carbonyl (C=O) groups is 2. The molecule has 0 saturated heterocycles. The SMILES string of the molecule is CC(C)NS(=O)(=O)c1ccc(NC(=O)C(C)OC(=O)c2cc3ccccc3c(=O)[nH]2)cc1. The third-order valence-electron chi connectivity index (χ3n) is 4.45. The summed E-state index contributed by atoms with van der Waals surface area (Å²) in [5, 5.41) is 3.56. The van der Waals surface area contributed by atoms with Gasteiger partial charge in [-0.15, -0.1) is 0 Å². The maximum atomic E-state index is 12.4. The molecule has 168 valence electrons. The van der Waals surface area contributed by atoms with E-state index in [1.165, 1.54) is 37.3 Å². The van der Waals surface area contributed by atoms with Crippen LogP contribution in [0.1, 0.15) is 31.3 Å². The lowest BCUT2D eigenvalue weighted by atomic mass is 10.1. The number of sulfonamides is 1. The highest BCUT2D eigenvalue weighted by molar-refractivity contribution is 7.89. The Hall–Kier alpha value is -3.50. The Morgan fingerprint density at radius 2 is 1.66 bits per heavy atom. The summed E-state index contributed by atoms with van der Waals surface area (Å²) in [4.78, 5) is 39.4. The minimum Gasteiger partial charge on any atom is -0.448 e. The van der Waals surface area contributed by atoms with Crippen molar-refractivity contribution in [2.45, 2.75) is 37.8 Å². The van der Waals surface area contributed by atoms with E-state index in [2.05, 4.69) is 15.0 Å². The third-order valence-corrected chi connectivity index (χ3v) is 6.12. The highest BCUT2D eigenvalue weighted by atomic mass is 32.2. The van der Waals surface area contributed by atoms with E-state index in [1.54, 1.807) is 38.1 Å². The molecule has 10 heteroatoms. The van der Waals surface area contributed by atoms with Crippen LogP contribution in [0.15, 0.2) is 64.3 Å². The van der Waals surface area contributed by atoms with Gasteiger partial charge < -0.3 is 15.0 Å². The minimum atomic E-state index is -3.65. The largest absolute Gasteiger partial charge is 0.448 e. The van der Waals surface area contributed by atoms with Crippen molar-refractivity contribution in [3.8, 4) is 0 Å². The molecule has 0 aliphatic heterocycles. The van der Waals surface area contributed by atoms with E-state index in [4.69, 9.17) is 4.74 Å². The number of pyridine rings is 1. The Morgan fingerprint density at radius 1 is 1.00 bits per heavy atom. The number of ether oxygens (including phenoxy) is 1. The number of aromatic amines is 1. The van der Waals surface area contributed by atoms with E-state index in [9.17, 15) is 22.8 Å². The van der Waals surface area contributed by atoms with Gasteiger partial charge in [0.05, 0.1) is 4.90 Å². The van der Waals surface area contributed by atoms with Crippen LogP contribution in [-0.2, 0) is 19.6 Å². The first-order valence-corrected chi connectivity index (χ1v) is 11.3. The van der Waals surface area contributed by atoms with Gasteiger partial charge in [0.2, 0.25) is 10.0 Å². The molecule has 0 fully saturated rings. The molecule has 1 amide bonds. The minimum absolute atomic E-state index is 0.0592. The number of hydrogen-bond donors (Lipinski definition) is 3. The van der Waals surface area contributed by atoms with Crippen LogP contribution in [0.2, 0.25) is 0 Å². The zero-order valence-electron chi connectivity index (χ0n) is 17.7. The molecule has 1 aromatic heterocycles. The maximum Gasteiger partial charge on any atom is 0.355 e. The summed E-state index contributed by atoms with van der Waals surface area (Å²) in [7, 11) is -3.65. The molecule has 32 heavy (non-hydrogen) atoms. The van der Waals surface area contributed by atoms with Crippen LogP contribution in [0.25, 0.3) is 10.8 Å². The zero-order chi connectivity index (χ0) is 23.5. The number of esters is 1. The predicted octanol–water partition coefficient (Wildman–Crippen LogP) is 2.40. The summed E-state index contributed by atoms with van der Waals surface area (Å²) >= 11 is 0. The fourth-order valence-corrected chi connectivity index (χ4v) is 4.19. The Morgan fingerprint density at radius 3 is 2.31 bits per heavy atom. The van der Waals surface area contributed by atoms with E-state index in [-0.39, 0.29) is 16.6 Å². The lowest BCUT2D eigenvalue weighted by Crippen LogP contribution is -2.31. The second kappa shape index (κ2) is 9.33. The fraction of sp³-hybridized carbons (Fsp3) is 0.227. The highest BCUT2D eigenvalue weighted by Crippen LogP contribution is 2.16. The molecule has 0 aliphatic carbocycles. The average molecular weight is 458 g/mol. The van der Waals surface area contributed by atoms with E-state index < -0.39 is 33.6 Å². The van der Waals surface area contributed by atoms with Crippen molar-refractivity contribution in [2.75, 3.05) is 5.32 Å². The number of nitrogens with one attached hydrogen (secondary N) is 3. The second-order valence-electron chi connectivity index (χ2n) is 7.44. The predicted molar refractivity (Wildman–Crippen MR) is 120 cm³/mol. The quantitative estimate of drug-likeness (QED) is 0.467. The molecular weight excluding hydrogens is 434 g/mol. The molecule has 0 saturated carbocycles. The molecule has 0 radical (unpaired) electrons. The van der Waals surface area contributed by atoms with Crippen LogP contribution in [0.3, 0.4) is 0 Å².